The average Bonchev–Trinajstić information content (AvgIpc) is 2.64. The van der Waals surface area contributed by atoms with Gasteiger partial charge in [-0.3, -0.25) is 0 Å². The molecule has 0 saturated carbocycles. The zero-order chi connectivity index (χ0) is 14.9. The Morgan fingerprint density at radius 1 is 1.25 bits per heavy atom. The van der Waals surface area contributed by atoms with Crippen LogP contribution in [-0.2, 0) is 4.79 Å². The van der Waals surface area contributed by atoms with Crippen molar-refractivity contribution in [3.05, 3.63) is 47.2 Å². The van der Waals surface area contributed by atoms with Gasteiger partial charge >= 0.3 is 0 Å². The highest BCUT2D eigenvalue weighted by Gasteiger charge is 2.16. The first-order valence-electron chi connectivity index (χ1n) is 6.64. The van der Waals surface area contributed by atoms with Crippen LogP contribution in [0.3, 0.4) is 0 Å². The molecule has 0 aliphatic heterocycles. The third-order valence-corrected chi connectivity index (χ3v) is 3.64. The first-order valence-corrected chi connectivity index (χ1v) is 6.64. The second kappa shape index (κ2) is 5.37. The molecule has 0 aliphatic rings. The number of ketones is 1. The zero-order valence-electron chi connectivity index (χ0n) is 11.9. The van der Waals surface area contributed by atoms with Crippen molar-refractivity contribution in [1.82, 2.24) is 4.57 Å². The smallest absolute Gasteiger partial charge is 0.129 e. The van der Waals surface area contributed by atoms with Gasteiger partial charge in [-0.25, -0.2) is 0 Å². The number of fused-ring (bicyclic) bond motifs is 1. The molecule has 1 atom stereocenters. The Labute approximate surface area is 118 Å². The Bertz CT molecular complexity index is 723. The number of hydrogen-bond donors (Lipinski definition) is 1. The number of benzene rings is 1. The van der Waals surface area contributed by atoms with Gasteiger partial charge in [0.2, 0.25) is 0 Å². The maximum atomic E-state index is 11.2. The summed E-state index contributed by atoms with van der Waals surface area (Å²) in [5.41, 5.74) is 6.46. The minimum Gasteiger partial charge on any atom is -0.401 e. The number of hydrogen-bond acceptors (Lipinski definition) is 2. The normalized spacial score (nSPS) is 12.4. The number of Topliss-reactive ketones (excluding diaryl/α,β-unsaturated/α-hetero) is 1. The van der Waals surface area contributed by atoms with E-state index < -0.39 is 0 Å². The quantitative estimate of drug-likeness (QED) is 0.899. The summed E-state index contributed by atoms with van der Waals surface area (Å²) in [5.74, 6) is 0.143. The van der Waals surface area contributed by atoms with E-state index in [1.165, 1.54) is 0 Å². The predicted octanol–water partition coefficient (Wildman–Crippen LogP) is 1.84. The van der Waals surface area contributed by atoms with Crippen molar-refractivity contribution in [3.8, 4) is 0 Å². The van der Waals surface area contributed by atoms with Crippen molar-refractivity contribution >= 4 is 29.7 Å². The topological polar surface area (TPSA) is 48.0 Å². The summed E-state index contributed by atoms with van der Waals surface area (Å²) in [7, 11) is 0. The van der Waals surface area contributed by atoms with Crippen molar-refractivity contribution in [2.45, 2.75) is 25.8 Å². The predicted molar refractivity (Wildman–Crippen MR) is 84.5 cm³/mol. The number of carbonyl (C=O) groups is 1. The fourth-order valence-corrected chi connectivity index (χ4v) is 2.61. The van der Waals surface area contributed by atoms with Crippen molar-refractivity contribution in [1.29, 1.82) is 0 Å². The first kappa shape index (κ1) is 14.1. The summed E-state index contributed by atoms with van der Waals surface area (Å²) < 4.78 is 2.00. The molecular formula is C17H20N2O. The molecule has 1 aromatic carbocycles. The minimum atomic E-state index is -0.147. The van der Waals surface area contributed by atoms with Crippen LogP contribution >= 0.6 is 0 Å². The highest BCUT2D eigenvalue weighted by atomic mass is 16.1. The molecule has 0 radical (unpaired) electrons. The van der Waals surface area contributed by atoms with Gasteiger partial charge in [-0.2, -0.15) is 0 Å². The van der Waals surface area contributed by atoms with Gasteiger partial charge in [0.25, 0.3) is 0 Å². The highest BCUT2D eigenvalue weighted by Crippen LogP contribution is 2.18. The minimum absolute atomic E-state index is 0.143. The van der Waals surface area contributed by atoms with Gasteiger partial charge in [0, 0.05) is 33.6 Å². The van der Waals surface area contributed by atoms with E-state index in [0.29, 0.717) is 18.5 Å². The molecule has 0 saturated heterocycles. The summed E-state index contributed by atoms with van der Waals surface area (Å²) in [4.78, 5) is 11.2. The highest BCUT2D eigenvalue weighted by molar-refractivity contribution is 5.83. The second-order valence-corrected chi connectivity index (χ2v) is 5.14. The average molecular weight is 268 g/mol. The van der Waals surface area contributed by atoms with Crippen molar-refractivity contribution in [3.63, 3.8) is 0 Å². The molecule has 0 aliphatic carbocycles. The van der Waals surface area contributed by atoms with E-state index in [1.54, 1.807) is 6.92 Å². The molecule has 1 heterocycles. The van der Waals surface area contributed by atoms with E-state index in [4.69, 9.17) is 5.73 Å². The number of nitrogens with zero attached hydrogens (tertiary/aromatic N) is 1. The van der Waals surface area contributed by atoms with Gasteiger partial charge in [-0.05, 0) is 13.3 Å². The van der Waals surface area contributed by atoms with Crippen LogP contribution in [0.25, 0.3) is 23.9 Å². The lowest BCUT2D eigenvalue weighted by Gasteiger charge is -2.19. The van der Waals surface area contributed by atoms with Gasteiger partial charge in [0.15, 0.2) is 0 Å². The Morgan fingerprint density at radius 3 is 2.15 bits per heavy atom. The lowest BCUT2D eigenvalue weighted by atomic mass is 10.1. The Kier molecular flexibility index (Phi) is 3.79. The van der Waals surface area contributed by atoms with Crippen LogP contribution in [0.15, 0.2) is 36.5 Å². The van der Waals surface area contributed by atoms with Crippen LogP contribution in [0.5, 0.6) is 0 Å². The van der Waals surface area contributed by atoms with Crippen molar-refractivity contribution in [2.24, 2.45) is 5.73 Å². The van der Waals surface area contributed by atoms with Crippen LogP contribution in [0, 0.1) is 0 Å². The standard InChI is InChI=1S/C17H20N2O/c1-11(20)9-10-17(12(2)18)19-13(3)15-7-5-6-8-16(15)14(19)4/h5-8,17H,2-4,9-10,18H2,1H3. The fraction of sp³-hybridized carbons (Fsp3) is 0.235. The van der Waals surface area contributed by atoms with Crippen LogP contribution < -0.4 is 16.4 Å². The molecule has 0 amide bonds. The molecule has 3 heteroatoms. The van der Waals surface area contributed by atoms with Crippen LogP contribution in [0.1, 0.15) is 25.8 Å². The molecule has 2 rings (SSSR count). The van der Waals surface area contributed by atoms with Gasteiger partial charge in [-0.15, -0.1) is 0 Å². The van der Waals surface area contributed by atoms with Crippen LogP contribution in [0.2, 0.25) is 0 Å². The van der Waals surface area contributed by atoms with E-state index in [9.17, 15) is 4.79 Å². The number of carbonyl (C=O) groups excluding carboxylic acids is 1. The van der Waals surface area contributed by atoms with Crippen molar-refractivity contribution < 1.29 is 4.79 Å². The van der Waals surface area contributed by atoms with E-state index in [-0.39, 0.29) is 11.8 Å². The Hall–Kier alpha value is -2.29. The number of rotatable bonds is 5. The Morgan fingerprint density at radius 2 is 1.75 bits per heavy atom. The maximum Gasteiger partial charge on any atom is 0.129 e. The summed E-state index contributed by atoms with van der Waals surface area (Å²) in [6, 6.07) is 7.84. The molecule has 0 bridgehead atoms. The van der Waals surface area contributed by atoms with E-state index in [0.717, 1.165) is 21.5 Å². The molecule has 2 aromatic rings. The monoisotopic (exact) mass is 268 g/mol. The van der Waals surface area contributed by atoms with Crippen LogP contribution in [0.4, 0.5) is 0 Å². The third kappa shape index (κ3) is 2.39. The SMILES string of the molecule is C=C(N)C(CCC(C)=O)n1c(=C)c2ccccc2c1=C. The molecule has 104 valence electrons. The van der Waals surface area contributed by atoms with Gasteiger partial charge in [0.1, 0.15) is 5.78 Å². The summed E-state index contributed by atoms with van der Waals surface area (Å²) >= 11 is 0. The maximum absolute atomic E-state index is 11.2. The zero-order valence-corrected chi connectivity index (χ0v) is 11.9. The molecule has 2 N–H and O–H groups in total. The van der Waals surface area contributed by atoms with Gasteiger partial charge in [-0.1, -0.05) is 44.0 Å². The van der Waals surface area contributed by atoms with E-state index in [2.05, 4.69) is 19.7 Å². The summed E-state index contributed by atoms with van der Waals surface area (Å²) in [6.07, 6.45) is 1.09. The lowest BCUT2D eigenvalue weighted by Crippen LogP contribution is -2.33. The van der Waals surface area contributed by atoms with E-state index in [1.807, 2.05) is 28.8 Å². The van der Waals surface area contributed by atoms with E-state index >= 15 is 0 Å². The number of allylic oxidation sites excluding steroid dienone is 1. The summed E-state index contributed by atoms with van der Waals surface area (Å²) in [5, 5.41) is 3.86. The molecule has 1 unspecified atom stereocenters. The third-order valence-electron chi connectivity index (χ3n) is 3.64. The molecule has 20 heavy (non-hydrogen) atoms. The number of aromatic nitrogens is 1. The lowest BCUT2D eigenvalue weighted by molar-refractivity contribution is -0.117. The molecule has 0 fully saturated rings. The molecular weight excluding hydrogens is 248 g/mol. The van der Waals surface area contributed by atoms with Crippen LogP contribution in [-0.4, -0.2) is 10.4 Å². The molecule has 3 nitrogen and oxygen atoms in total. The summed E-state index contributed by atoms with van der Waals surface area (Å²) in [6.45, 7) is 13.7. The fourth-order valence-electron chi connectivity index (χ4n) is 2.61. The van der Waals surface area contributed by atoms with Gasteiger partial charge < -0.3 is 15.1 Å². The Balaban J connectivity index is 2.60. The largest absolute Gasteiger partial charge is 0.401 e. The number of nitrogens with two attached hydrogens (primary N) is 1. The molecule has 0 spiro atoms. The first-order chi connectivity index (χ1) is 9.43. The van der Waals surface area contributed by atoms with Crippen molar-refractivity contribution in [2.75, 3.05) is 0 Å². The molecule has 1 aromatic heterocycles. The second-order valence-electron chi connectivity index (χ2n) is 5.14. The van der Waals surface area contributed by atoms with Gasteiger partial charge in [0.05, 0.1) is 6.04 Å².